The van der Waals surface area contributed by atoms with E-state index >= 15 is 0 Å². The van der Waals surface area contributed by atoms with Crippen molar-refractivity contribution in [2.24, 2.45) is 0 Å². The molecule has 2 N–H and O–H groups in total. The molecule has 4 rings (SSSR count). The highest BCUT2D eigenvalue weighted by atomic mass is 16.5. The highest BCUT2D eigenvalue weighted by Gasteiger charge is 2.21. The molecule has 0 atom stereocenters. The summed E-state index contributed by atoms with van der Waals surface area (Å²) in [5.41, 5.74) is 1.00. The molecule has 1 amide bonds. The maximum absolute atomic E-state index is 12.2. The summed E-state index contributed by atoms with van der Waals surface area (Å²) >= 11 is 0. The van der Waals surface area contributed by atoms with E-state index in [1.54, 1.807) is 12.1 Å². The number of aromatic nitrogens is 1. The van der Waals surface area contributed by atoms with E-state index in [0.29, 0.717) is 17.3 Å². The predicted molar refractivity (Wildman–Crippen MR) is 104 cm³/mol. The third kappa shape index (κ3) is 4.23. The molecule has 136 valence electrons. The lowest BCUT2D eigenvalue weighted by Gasteiger charge is -2.09. The molecule has 6 heteroatoms. The largest absolute Gasteiger partial charge is 0.452 e. The second kappa shape index (κ2) is 7.45. The monoisotopic (exact) mass is 361 g/mol. The Labute approximate surface area is 156 Å². The summed E-state index contributed by atoms with van der Waals surface area (Å²) in [6.45, 7) is -0.357. The van der Waals surface area contributed by atoms with Crippen LogP contribution in [0.1, 0.15) is 23.2 Å². The van der Waals surface area contributed by atoms with Gasteiger partial charge in [-0.1, -0.05) is 36.4 Å². The Morgan fingerprint density at radius 2 is 1.85 bits per heavy atom. The van der Waals surface area contributed by atoms with Crippen LogP contribution in [0.3, 0.4) is 0 Å². The summed E-state index contributed by atoms with van der Waals surface area (Å²) in [6, 6.07) is 17.3. The summed E-state index contributed by atoms with van der Waals surface area (Å²) in [5.74, 6) is -0.226. The molecule has 0 bridgehead atoms. The van der Waals surface area contributed by atoms with Crippen molar-refractivity contribution >= 4 is 34.2 Å². The first-order chi connectivity index (χ1) is 13.2. The van der Waals surface area contributed by atoms with Gasteiger partial charge in [-0.2, -0.15) is 0 Å². The number of esters is 1. The highest BCUT2D eigenvalue weighted by molar-refractivity contribution is 6.03. The number of nitrogens with one attached hydrogen (secondary N) is 2. The average molecular weight is 361 g/mol. The number of anilines is 2. The fourth-order valence-corrected chi connectivity index (χ4v) is 2.77. The topological polar surface area (TPSA) is 80.3 Å². The van der Waals surface area contributed by atoms with Crippen molar-refractivity contribution in [2.75, 3.05) is 17.2 Å². The molecule has 1 aromatic heterocycles. The number of amides is 1. The molecule has 0 radical (unpaired) electrons. The standard InChI is InChI=1S/C21H19N3O3/c25-20(24-18-7-3-5-14-4-1-2-6-17(14)18)13-27-21(26)15-8-11-19(22-12-15)23-16-9-10-16/h1-8,11-12,16H,9-10,13H2,(H,22,23)(H,24,25). The molecule has 1 fully saturated rings. The SMILES string of the molecule is O=C(COC(=O)c1ccc(NC2CC2)nc1)Nc1cccc2ccccc12. The molecule has 27 heavy (non-hydrogen) atoms. The van der Waals surface area contributed by atoms with Crippen LogP contribution in [0.2, 0.25) is 0 Å². The quantitative estimate of drug-likeness (QED) is 0.656. The van der Waals surface area contributed by atoms with E-state index < -0.39 is 5.97 Å². The van der Waals surface area contributed by atoms with E-state index in [1.807, 2.05) is 42.5 Å². The lowest BCUT2D eigenvalue weighted by atomic mass is 10.1. The molecular weight excluding hydrogens is 342 g/mol. The molecule has 3 aromatic rings. The lowest BCUT2D eigenvalue weighted by Crippen LogP contribution is -2.21. The molecule has 1 aliphatic rings. The first-order valence-electron chi connectivity index (χ1n) is 8.86. The summed E-state index contributed by atoms with van der Waals surface area (Å²) in [7, 11) is 0. The normalized spacial score (nSPS) is 13.2. The van der Waals surface area contributed by atoms with Crippen LogP contribution in [0.25, 0.3) is 10.8 Å². The summed E-state index contributed by atoms with van der Waals surface area (Å²) in [4.78, 5) is 28.5. The minimum Gasteiger partial charge on any atom is -0.452 e. The van der Waals surface area contributed by atoms with Gasteiger partial charge < -0.3 is 15.4 Å². The van der Waals surface area contributed by atoms with Crippen molar-refractivity contribution in [3.8, 4) is 0 Å². The van der Waals surface area contributed by atoms with Gasteiger partial charge in [-0.15, -0.1) is 0 Å². The van der Waals surface area contributed by atoms with E-state index in [0.717, 1.165) is 29.4 Å². The number of ether oxygens (including phenoxy) is 1. The molecule has 0 aliphatic heterocycles. The average Bonchev–Trinajstić information content (AvgIpc) is 3.51. The Kier molecular flexibility index (Phi) is 4.70. The van der Waals surface area contributed by atoms with Gasteiger partial charge in [0.25, 0.3) is 5.91 Å². The van der Waals surface area contributed by atoms with Crippen LogP contribution in [0, 0.1) is 0 Å². The number of hydrogen-bond donors (Lipinski definition) is 2. The molecule has 0 spiro atoms. The van der Waals surface area contributed by atoms with Gasteiger partial charge in [-0.05, 0) is 36.4 Å². The Morgan fingerprint density at radius 1 is 1.04 bits per heavy atom. The van der Waals surface area contributed by atoms with Crippen LogP contribution in [0.15, 0.2) is 60.8 Å². The molecular formula is C21H19N3O3. The third-order valence-electron chi connectivity index (χ3n) is 4.33. The van der Waals surface area contributed by atoms with Crippen molar-refractivity contribution in [1.29, 1.82) is 0 Å². The number of benzene rings is 2. The van der Waals surface area contributed by atoms with Crippen LogP contribution in [0.5, 0.6) is 0 Å². The van der Waals surface area contributed by atoms with Crippen molar-refractivity contribution in [2.45, 2.75) is 18.9 Å². The Morgan fingerprint density at radius 3 is 2.63 bits per heavy atom. The molecule has 1 heterocycles. The molecule has 1 saturated carbocycles. The minimum atomic E-state index is -0.575. The Balaban J connectivity index is 1.33. The number of carbonyl (C=O) groups is 2. The van der Waals surface area contributed by atoms with Crippen LogP contribution < -0.4 is 10.6 Å². The Bertz CT molecular complexity index is 976. The molecule has 0 unspecified atom stereocenters. The van der Waals surface area contributed by atoms with Crippen LogP contribution >= 0.6 is 0 Å². The summed E-state index contributed by atoms with van der Waals surface area (Å²) in [6.07, 6.45) is 3.75. The van der Waals surface area contributed by atoms with Crippen LogP contribution in [-0.2, 0) is 9.53 Å². The first kappa shape index (κ1) is 17.0. The number of pyridine rings is 1. The number of carbonyl (C=O) groups excluding carboxylic acids is 2. The zero-order valence-corrected chi connectivity index (χ0v) is 14.6. The van der Waals surface area contributed by atoms with Gasteiger partial charge in [0.15, 0.2) is 6.61 Å². The zero-order chi connectivity index (χ0) is 18.6. The lowest BCUT2D eigenvalue weighted by molar-refractivity contribution is -0.119. The van der Waals surface area contributed by atoms with Gasteiger partial charge in [0, 0.05) is 23.3 Å². The fraction of sp³-hybridized carbons (Fsp3) is 0.190. The maximum Gasteiger partial charge on any atom is 0.340 e. The number of hydrogen-bond acceptors (Lipinski definition) is 5. The van der Waals surface area contributed by atoms with Gasteiger partial charge in [0.05, 0.1) is 5.56 Å². The summed E-state index contributed by atoms with van der Waals surface area (Å²) in [5, 5.41) is 7.99. The highest BCUT2D eigenvalue weighted by Crippen LogP contribution is 2.24. The number of rotatable bonds is 6. The van der Waals surface area contributed by atoms with Gasteiger partial charge in [-0.25, -0.2) is 9.78 Å². The van der Waals surface area contributed by atoms with Crippen molar-refractivity contribution < 1.29 is 14.3 Å². The van der Waals surface area contributed by atoms with Gasteiger partial charge in [0.2, 0.25) is 0 Å². The molecule has 1 aliphatic carbocycles. The van der Waals surface area contributed by atoms with E-state index in [-0.39, 0.29) is 12.5 Å². The first-order valence-corrected chi connectivity index (χ1v) is 8.86. The minimum absolute atomic E-state index is 0.314. The predicted octanol–water partition coefficient (Wildman–Crippen LogP) is 3.60. The van der Waals surface area contributed by atoms with Gasteiger partial charge in [-0.3, -0.25) is 4.79 Å². The van der Waals surface area contributed by atoms with E-state index in [1.165, 1.54) is 6.20 Å². The second-order valence-corrected chi connectivity index (χ2v) is 6.50. The van der Waals surface area contributed by atoms with E-state index in [2.05, 4.69) is 15.6 Å². The fourth-order valence-electron chi connectivity index (χ4n) is 2.77. The number of fused-ring (bicyclic) bond motifs is 1. The van der Waals surface area contributed by atoms with E-state index in [9.17, 15) is 9.59 Å². The molecule has 6 nitrogen and oxygen atoms in total. The number of nitrogens with zero attached hydrogens (tertiary/aromatic N) is 1. The van der Waals surface area contributed by atoms with Crippen molar-refractivity contribution in [3.63, 3.8) is 0 Å². The molecule has 0 saturated heterocycles. The van der Waals surface area contributed by atoms with Crippen molar-refractivity contribution in [3.05, 3.63) is 66.4 Å². The second-order valence-electron chi connectivity index (χ2n) is 6.50. The molecule has 2 aromatic carbocycles. The smallest absolute Gasteiger partial charge is 0.340 e. The summed E-state index contributed by atoms with van der Waals surface area (Å²) < 4.78 is 5.10. The van der Waals surface area contributed by atoms with E-state index in [4.69, 9.17) is 4.74 Å². The third-order valence-corrected chi connectivity index (χ3v) is 4.33. The maximum atomic E-state index is 12.2. The van der Waals surface area contributed by atoms with Gasteiger partial charge >= 0.3 is 5.97 Å². The Hall–Kier alpha value is -3.41. The zero-order valence-electron chi connectivity index (χ0n) is 14.6. The van der Waals surface area contributed by atoms with Crippen LogP contribution in [-0.4, -0.2) is 29.5 Å². The van der Waals surface area contributed by atoms with Gasteiger partial charge in [0.1, 0.15) is 5.82 Å². The van der Waals surface area contributed by atoms with Crippen LogP contribution in [0.4, 0.5) is 11.5 Å². The van der Waals surface area contributed by atoms with Crippen molar-refractivity contribution in [1.82, 2.24) is 4.98 Å².